The molecule has 3 aliphatic heterocycles. The van der Waals surface area contributed by atoms with E-state index in [1.807, 2.05) is 30.3 Å². The van der Waals surface area contributed by atoms with Crippen LogP contribution >= 0.6 is 0 Å². The lowest BCUT2D eigenvalue weighted by molar-refractivity contribution is -0.162. The number of fused-ring (bicyclic) bond motifs is 1. The highest BCUT2D eigenvalue weighted by Crippen LogP contribution is 2.59. The van der Waals surface area contributed by atoms with E-state index in [-0.39, 0.29) is 30.7 Å². The van der Waals surface area contributed by atoms with E-state index in [1.54, 1.807) is 28.9 Å². The van der Waals surface area contributed by atoms with Crippen LogP contribution < -0.4 is 5.32 Å². The Morgan fingerprint density at radius 2 is 1.88 bits per heavy atom. The molecule has 2 N–H and O–H groups in total. The van der Waals surface area contributed by atoms with E-state index in [4.69, 9.17) is 9.47 Å². The highest BCUT2D eigenvalue weighted by Gasteiger charge is 2.75. The Bertz CT molecular complexity index is 1270. The molecular formula is C38H55N3O7. The van der Waals surface area contributed by atoms with Crippen LogP contribution in [0.2, 0.25) is 0 Å². The standard InChI is InChI=1S/C38H55N3O7/c1-5-8-15-24-40(23-7-3)36(45)34-38-22-21-29(48-38)31(32(38)35(44)41(34)25-16-10-11-17-26-42)37(46)47-33(28-18-13-12-14-19-28)27(4)39-30(43)20-9-6-2/h6-7,12-14,18-19,27,29,31-34,42H,2-3,5,8-11,15-17,20-26H2,1,4H3,(H,39,43)/t27-,29+,31-,32-,33-,34+,38-/m1/s1. The molecule has 3 heterocycles. The number of likely N-dealkylation sites (tertiary alicyclic amines) is 1. The quantitative estimate of drug-likeness (QED) is 0.109. The molecule has 3 saturated heterocycles. The van der Waals surface area contributed by atoms with Gasteiger partial charge in [0.1, 0.15) is 17.7 Å². The van der Waals surface area contributed by atoms with Crippen LogP contribution in [0.15, 0.2) is 55.6 Å². The molecule has 10 heteroatoms. The lowest BCUT2D eigenvalue weighted by atomic mass is 9.70. The summed E-state index contributed by atoms with van der Waals surface area (Å²) in [6.45, 7) is 12.9. The Kier molecular flexibility index (Phi) is 13.8. The van der Waals surface area contributed by atoms with Gasteiger partial charge in [-0.3, -0.25) is 19.2 Å². The number of nitrogens with one attached hydrogen (secondary N) is 1. The summed E-state index contributed by atoms with van der Waals surface area (Å²) in [4.78, 5) is 59.2. The summed E-state index contributed by atoms with van der Waals surface area (Å²) in [5.74, 6) is -2.85. The average molecular weight is 666 g/mol. The molecule has 3 aliphatic rings. The van der Waals surface area contributed by atoms with Gasteiger partial charge in [0, 0.05) is 32.7 Å². The molecule has 1 aromatic rings. The molecule has 3 fully saturated rings. The number of hydrogen-bond acceptors (Lipinski definition) is 7. The summed E-state index contributed by atoms with van der Waals surface area (Å²) in [6, 6.07) is 7.89. The fourth-order valence-electron chi connectivity index (χ4n) is 7.80. The summed E-state index contributed by atoms with van der Waals surface area (Å²) in [5.41, 5.74) is -0.395. The third-order valence-corrected chi connectivity index (χ3v) is 10.1. The van der Waals surface area contributed by atoms with Crippen LogP contribution in [-0.2, 0) is 28.7 Å². The van der Waals surface area contributed by atoms with Crippen LogP contribution in [0.3, 0.4) is 0 Å². The largest absolute Gasteiger partial charge is 0.455 e. The second-order valence-electron chi connectivity index (χ2n) is 13.5. The van der Waals surface area contributed by atoms with Crippen molar-refractivity contribution < 1.29 is 33.8 Å². The number of allylic oxidation sites excluding steroid dienone is 1. The second-order valence-corrected chi connectivity index (χ2v) is 13.5. The zero-order chi connectivity index (χ0) is 34.7. The predicted molar refractivity (Wildman–Crippen MR) is 183 cm³/mol. The number of benzene rings is 1. The molecule has 0 unspecified atom stereocenters. The molecule has 3 amide bonds. The molecule has 0 saturated carbocycles. The van der Waals surface area contributed by atoms with Crippen molar-refractivity contribution in [2.45, 2.75) is 114 Å². The first-order valence-corrected chi connectivity index (χ1v) is 17.9. The zero-order valence-electron chi connectivity index (χ0n) is 28.8. The molecule has 7 atom stereocenters. The average Bonchev–Trinajstić information content (AvgIpc) is 3.73. The molecule has 48 heavy (non-hydrogen) atoms. The smallest absolute Gasteiger partial charge is 0.313 e. The normalized spacial score (nSPS) is 25.3. The van der Waals surface area contributed by atoms with E-state index in [9.17, 15) is 24.3 Å². The monoisotopic (exact) mass is 665 g/mol. The number of rotatable bonds is 21. The number of carbonyl (C=O) groups is 4. The van der Waals surface area contributed by atoms with Crippen molar-refractivity contribution in [1.29, 1.82) is 0 Å². The maximum Gasteiger partial charge on any atom is 0.313 e. The number of amides is 3. The Labute approximate surface area is 285 Å². The maximum atomic E-state index is 14.5. The van der Waals surface area contributed by atoms with Gasteiger partial charge in [-0.1, -0.05) is 75.1 Å². The first kappa shape index (κ1) is 37.3. The lowest BCUT2D eigenvalue weighted by Crippen LogP contribution is -2.56. The number of aliphatic hydroxyl groups excluding tert-OH is 1. The third kappa shape index (κ3) is 8.20. The molecule has 1 aromatic carbocycles. The van der Waals surface area contributed by atoms with Crippen molar-refractivity contribution in [2.75, 3.05) is 26.2 Å². The molecule has 264 valence electrons. The number of carbonyl (C=O) groups excluding carboxylic acids is 4. The third-order valence-electron chi connectivity index (χ3n) is 10.1. The summed E-state index contributed by atoms with van der Waals surface area (Å²) < 4.78 is 12.9. The summed E-state index contributed by atoms with van der Waals surface area (Å²) in [6.07, 6.45) is 9.72. The van der Waals surface area contributed by atoms with E-state index in [1.165, 1.54) is 0 Å². The Balaban J connectivity index is 1.62. The van der Waals surface area contributed by atoms with Crippen molar-refractivity contribution >= 4 is 23.7 Å². The molecule has 4 rings (SSSR count). The minimum absolute atomic E-state index is 0.114. The Morgan fingerprint density at radius 3 is 2.56 bits per heavy atom. The van der Waals surface area contributed by atoms with Gasteiger partial charge >= 0.3 is 5.97 Å². The highest BCUT2D eigenvalue weighted by atomic mass is 16.6. The molecule has 1 spiro atoms. The first-order valence-electron chi connectivity index (χ1n) is 17.9. The van der Waals surface area contributed by atoms with Crippen LogP contribution in [0.5, 0.6) is 0 Å². The Hall–Kier alpha value is -3.50. The van der Waals surface area contributed by atoms with Gasteiger partial charge in [0.15, 0.2) is 0 Å². The molecule has 2 bridgehead atoms. The first-order chi connectivity index (χ1) is 23.2. The zero-order valence-corrected chi connectivity index (χ0v) is 28.8. The van der Waals surface area contributed by atoms with E-state index in [0.717, 1.165) is 37.7 Å². The van der Waals surface area contributed by atoms with Gasteiger partial charge in [-0.15, -0.1) is 13.2 Å². The van der Waals surface area contributed by atoms with E-state index >= 15 is 0 Å². The minimum atomic E-state index is -1.12. The van der Waals surface area contributed by atoms with Gasteiger partial charge in [0.05, 0.1) is 24.0 Å². The highest BCUT2D eigenvalue weighted by molar-refractivity contribution is 5.98. The lowest BCUT2D eigenvalue weighted by Gasteiger charge is -2.37. The van der Waals surface area contributed by atoms with Crippen molar-refractivity contribution in [3.63, 3.8) is 0 Å². The number of aliphatic hydroxyl groups is 1. The SMILES string of the molecule is C=CCCC(=O)N[C@H](C)[C@@H](OC(=O)[C@@H]1[C@@H]2CC[C@]3(O2)[C@H](C(=O)N(CC=C)CCCCC)N(CCCCCCO)C(=O)[C@@H]13)c1ccccc1. The van der Waals surface area contributed by atoms with Crippen molar-refractivity contribution in [1.82, 2.24) is 15.1 Å². The van der Waals surface area contributed by atoms with Gasteiger partial charge in [0.2, 0.25) is 17.7 Å². The van der Waals surface area contributed by atoms with Gasteiger partial charge in [-0.2, -0.15) is 0 Å². The van der Waals surface area contributed by atoms with Crippen LogP contribution in [0.1, 0.15) is 96.1 Å². The van der Waals surface area contributed by atoms with Gasteiger partial charge in [-0.05, 0) is 51.0 Å². The van der Waals surface area contributed by atoms with Crippen LogP contribution in [-0.4, -0.2) is 88.6 Å². The fraction of sp³-hybridized carbons (Fsp3) is 0.632. The molecule has 0 radical (unpaired) electrons. The van der Waals surface area contributed by atoms with Crippen molar-refractivity contribution in [3.8, 4) is 0 Å². The number of unbranched alkanes of at least 4 members (excludes halogenated alkanes) is 5. The van der Waals surface area contributed by atoms with Crippen LogP contribution in [0.25, 0.3) is 0 Å². The number of hydrogen-bond donors (Lipinski definition) is 2. The van der Waals surface area contributed by atoms with Gasteiger partial charge in [-0.25, -0.2) is 0 Å². The molecular weight excluding hydrogens is 610 g/mol. The molecule has 0 aromatic heterocycles. The predicted octanol–water partition coefficient (Wildman–Crippen LogP) is 4.87. The van der Waals surface area contributed by atoms with Crippen LogP contribution in [0.4, 0.5) is 0 Å². The van der Waals surface area contributed by atoms with Gasteiger partial charge < -0.3 is 29.7 Å². The topological polar surface area (TPSA) is 125 Å². The minimum Gasteiger partial charge on any atom is -0.455 e. The van der Waals surface area contributed by atoms with E-state index < -0.39 is 47.7 Å². The maximum absolute atomic E-state index is 14.5. The number of esters is 1. The Morgan fingerprint density at radius 1 is 1.12 bits per heavy atom. The van der Waals surface area contributed by atoms with Gasteiger partial charge in [0.25, 0.3) is 0 Å². The fourth-order valence-corrected chi connectivity index (χ4v) is 7.80. The summed E-state index contributed by atoms with van der Waals surface area (Å²) in [7, 11) is 0. The number of ether oxygens (including phenoxy) is 2. The molecule has 10 nitrogen and oxygen atoms in total. The number of nitrogens with zero attached hydrogens (tertiary/aromatic N) is 2. The van der Waals surface area contributed by atoms with E-state index in [0.29, 0.717) is 51.7 Å². The second kappa shape index (κ2) is 17.8. The molecule has 0 aliphatic carbocycles. The van der Waals surface area contributed by atoms with Crippen molar-refractivity contribution in [2.24, 2.45) is 11.8 Å². The summed E-state index contributed by atoms with van der Waals surface area (Å²) >= 11 is 0. The van der Waals surface area contributed by atoms with E-state index in [2.05, 4.69) is 25.4 Å². The van der Waals surface area contributed by atoms with Crippen molar-refractivity contribution in [3.05, 3.63) is 61.2 Å². The summed E-state index contributed by atoms with van der Waals surface area (Å²) in [5, 5.41) is 12.2. The van der Waals surface area contributed by atoms with Crippen LogP contribution in [0, 0.1) is 11.8 Å².